The van der Waals surface area contributed by atoms with Crippen molar-refractivity contribution >= 4 is 11.7 Å². The molecule has 1 amide bonds. The Bertz CT molecular complexity index is 282. The number of carbonyl (C=O) groups is 2. The van der Waals surface area contributed by atoms with Crippen LogP contribution in [0.2, 0.25) is 0 Å². The van der Waals surface area contributed by atoms with Crippen LogP contribution >= 0.6 is 0 Å². The zero-order valence-corrected chi connectivity index (χ0v) is 10.7. The van der Waals surface area contributed by atoms with E-state index in [1.807, 2.05) is 0 Å². The van der Waals surface area contributed by atoms with Crippen LogP contribution in [-0.2, 0) is 9.59 Å². The first-order chi connectivity index (χ1) is 7.90. The van der Waals surface area contributed by atoms with Crippen LogP contribution in [0.3, 0.4) is 0 Å². The van der Waals surface area contributed by atoms with E-state index >= 15 is 0 Å². The van der Waals surface area contributed by atoms with Crippen molar-refractivity contribution in [1.29, 1.82) is 0 Å². The van der Waals surface area contributed by atoms with E-state index in [1.165, 1.54) is 25.8 Å². The number of hydrogen-bond acceptors (Lipinski definition) is 3. The molecule has 1 atom stereocenters. The number of rotatable bonds is 9. The van der Waals surface area contributed by atoms with E-state index in [4.69, 9.17) is 5.73 Å². The molecule has 4 heteroatoms. The van der Waals surface area contributed by atoms with E-state index in [-0.39, 0.29) is 5.78 Å². The summed E-state index contributed by atoms with van der Waals surface area (Å²) in [5.74, 6) is -0.937. The van der Waals surface area contributed by atoms with Gasteiger partial charge in [-0.2, -0.15) is 0 Å². The fraction of sp³-hybridized carbons (Fsp3) is 0.692. The van der Waals surface area contributed by atoms with E-state index in [1.54, 1.807) is 0 Å². The molecule has 0 saturated carbocycles. The molecule has 3 N–H and O–H groups in total. The van der Waals surface area contributed by atoms with Crippen molar-refractivity contribution < 1.29 is 14.7 Å². The highest BCUT2D eigenvalue weighted by Gasteiger charge is 2.23. The minimum absolute atomic E-state index is 0.0805. The molecule has 0 aromatic rings. The third-order valence-corrected chi connectivity index (χ3v) is 2.62. The lowest BCUT2D eigenvalue weighted by atomic mass is 10.0. The number of hydrogen-bond donors (Lipinski definition) is 2. The van der Waals surface area contributed by atoms with Gasteiger partial charge in [-0.25, -0.2) is 0 Å². The normalized spacial score (nSPS) is 14.8. The summed E-state index contributed by atoms with van der Waals surface area (Å²) in [5, 5.41) is 9.47. The van der Waals surface area contributed by atoms with Crippen LogP contribution in [0.25, 0.3) is 0 Å². The lowest BCUT2D eigenvalue weighted by molar-refractivity contribution is -0.130. The number of carbonyl (C=O) groups excluding carboxylic acids is 2. The monoisotopic (exact) mass is 241 g/mol. The van der Waals surface area contributed by atoms with Gasteiger partial charge in [0.25, 0.3) is 5.91 Å². The summed E-state index contributed by atoms with van der Waals surface area (Å²) < 4.78 is 0. The number of allylic oxidation sites excluding steroid dienone is 1. The molecule has 0 aromatic carbocycles. The smallest absolute Gasteiger partial charge is 0.253 e. The van der Waals surface area contributed by atoms with Gasteiger partial charge < -0.3 is 10.8 Å². The Labute approximate surface area is 103 Å². The van der Waals surface area contributed by atoms with Gasteiger partial charge in [-0.05, 0) is 25.5 Å². The number of ketones is 1. The number of primary amides is 1. The Morgan fingerprint density at radius 2 is 1.82 bits per heavy atom. The summed E-state index contributed by atoms with van der Waals surface area (Å²) in [6.45, 7) is 3.40. The Kier molecular flexibility index (Phi) is 7.46. The topological polar surface area (TPSA) is 80.4 Å². The predicted molar refractivity (Wildman–Crippen MR) is 67.3 cm³/mol. The number of unbranched alkanes of at least 4 members (excludes halogenated alkanes) is 4. The highest BCUT2D eigenvalue weighted by atomic mass is 16.3. The summed E-state index contributed by atoms with van der Waals surface area (Å²) in [6.07, 6.45) is 8.26. The number of amides is 1. The summed E-state index contributed by atoms with van der Waals surface area (Å²) in [4.78, 5) is 22.2. The zero-order chi connectivity index (χ0) is 13.3. The lowest BCUT2D eigenvalue weighted by Gasteiger charge is -2.12. The first-order valence-corrected chi connectivity index (χ1v) is 6.14. The Balaban J connectivity index is 3.86. The summed E-state index contributed by atoms with van der Waals surface area (Å²) in [5.41, 5.74) is 3.22. The lowest BCUT2D eigenvalue weighted by Crippen LogP contribution is -2.38. The van der Waals surface area contributed by atoms with Crippen LogP contribution in [-0.4, -0.2) is 22.4 Å². The summed E-state index contributed by atoms with van der Waals surface area (Å²) in [7, 11) is 0. The molecule has 0 bridgehead atoms. The minimum atomic E-state index is -1.74. The molecule has 0 heterocycles. The maximum Gasteiger partial charge on any atom is 0.253 e. The average Bonchev–Trinajstić information content (AvgIpc) is 2.26. The van der Waals surface area contributed by atoms with Crippen molar-refractivity contribution in [3.63, 3.8) is 0 Å². The molecule has 0 aliphatic rings. The molecule has 98 valence electrons. The van der Waals surface area contributed by atoms with Crippen LogP contribution in [0.15, 0.2) is 12.2 Å². The average molecular weight is 241 g/mol. The van der Waals surface area contributed by atoms with Crippen molar-refractivity contribution in [2.75, 3.05) is 0 Å². The first-order valence-electron chi connectivity index (χ1n) is 6.14. The van der Waals surface area contributed by atoms with Crippen LogP contribution in [0.1, 0.15) is 52.4 Å². The molecule has 0 radical (unpaired) electrons. The fourth-order valence-electron chi connectivity index (χ4n) is 1.32. The maximum absolute atomic E-state index is 11.4. The summed E-state index contributed by atoms with van der Waals surface area (Å²) >= 11 is 0. The van der Waals surface area contributed by atoms with Crippen LogP contribution in [0.5, 0.6) is 0 Å². The highest BCUT2D eigenvalue weighted by Crippen LogP contribution is 2.08. The second kappa shape index (κ2) is 8.01. The number of aliphatic hydroxyl groups is 1. The van der Waals surface area contributed by atoms with E-state index in [0.717, 1.165) is 25.3 Å². The molecule has 0 aliphatic carbocycles. The molecule has 0 fully saturated rings. The van der Waals surface area contributed by atoms with Crippen molar-refractivity contribution in [2.24, 2.45) is 5.73 Å². The van der Waals surface area contributed by atoms with Crippen LogP contribution in [0, 0.1) is 0 Å². The van der Waals surface area contributed by atoms with Gasteiger partial charge in [0.05, 0.1) is 0 Å². The molecule has 4 nitrogen and oxygen atoms in total. The van der Waals surface area contributed by atoms with Gasteiger partial charge in [0.1, 0.15) is 0 Å². The molecule has 17 heavy (non-hydrogen) atoms. The van der Waals surface area contributed by atoms with Crippen molar-refractivity contribution in [3.05, 3.63) is 12.2 Å². The van der Waals surface area contributed by atoms with Gasteiger partial charge >= 0.3 is 0 Å². The minimum Gasteiger partial charge on any atom is -0.376 e. The van der Waals surface area contributed by atoms with E-state index < -0.39 is 11.5 Å². The van der Waals surface area contributed by atoms with E-state index in [2.05, 4.69) is 6.92 Å². The largest absolute Gasteiger partial charge is 0.376 e. The van der Waals surface area contributed by atoms with Crippen LogP contribution in [0.4, 0.5) is 0 Å². The van der Waals surface area contributed by atoms with E-state index in [9.17, 15) is 14.7 Å². The molecule has 0 aromatic heterocycles. The third kappa shape index (κ3) is 7.69. The highest BCUT2D eigenvalue weighted by molar-refractivity contribution is 5.92. The van der Waals surface area contributed by atoms with Gasteiger partial charge in [0, 0.05) is 6.42 Å². The third-order valence-electron chi connectivity index (χ3n) is 2.62. The second-order valence-corrected chi connectivity index (χ2v) is 4.48. The van der Waals surface area contributed by atoms with Gasteiger partial charge in [0.2, 0.25) is 0 Å². The Morgan fingerprint density at radius 1 is 1.24 bits per heavy atom. The fourth-order valence-corrected chi connectivity index (χ4v) is 1.32. The van der Waals surface area contributed by atoms with Crippen LogP contribution < -0.4 is 5.73 Å². The molecule has 0 aliphatic heterocycles. The van der Waals surface area contributed by atoms with Gasteiger partial charge in [0.15, 0.2) is 11.4 Å². The number of nitrogens with two attached hydrogens (primary N) is 1. The van der Waals surface area contributed by atoms with Gasteiger partial charge in [-0.15, -0.1) is 0 Å². The first kappa shape index (κ1) is 15.8. The van der Waals surface area contributed by atoms with Crippen molar-refractivity contribution in [2.45, 2.75) is 58.0 Å². The maximum atomic E-state index is 11.4. The molecule has 0 spiro atoms. The Morgan fingerprint density at radius 3 is 2.35 bits per heavy atom. The van der Waals surface area contributed by atoms with Gasteiger partial charge in [-0.3, -0.25) is 9.59 Å². The quantitative estimate of drug-likeness (QED) is 0.476. The molecular formula is C13H23NO3. The van der Waals surface area contributed by atoms with E-state index in [0.29, 0.717) is 6.42 Å². The standard InChI is InChI=1S/C13H23NO3/c1-3-4-5-6-7-8-11(15)9-10-13(2,17)12(14)16/h9-10,17H,3-8H2,1-2H3,(H2,14,16)/b10-9+/t13-/m1/s1. The van der Waals surface area contributed by atoms with Crippen molar-refractivity contribution in [1.82, 2.24) is 0 Å². The van der Waals surface area contributed by atoms with Crippen molar-refractivity contribution in [3.8, 4) is 0 Å². The molecule has 0 unspecified atom stereocenters. The predicted octanol–water partition coefficient (Wildman–Crippen LogP) is 1.71. The second-order valence-electron chi connectivity index (χ2n) is 4.48. The van der Waals surface area contributed by atoms with Gasteiger partial charge in [-0.1, -0.05) is 32.6 Å². The summed E-state index contributed by atoms with van der Waals surface area (Å²) in [6, 6.07) is 0. The molecule has 0 saturated heterocycles. The molecule has 0 rings (SSSR count). The Hall–Kier alpha value is -1.16. The SMILES string of the molecule is CCCCCCCC(=O)/C=C/[C@@](C)(O)C(N)=O. The zero-order valence-electron chi connectivity index (χ0n) is 10.7. The molecular weight excluding hydrogens is 218 g/mol.